The number of ether oxygens (including phenoxy) is 1. The first-order valence-corrected chi connectivity index (χ1v) is 10.5. The first-order chi connectivity index (χ1) is 14.1. The van der Waals surface area contributed by atoms with Crippen molar-refractivity contribution in [2.75, 3.05) is 6.26 Å². The molecule has 0 fully saturated rings. The molecule has 0 radical (unpaired) electrons. The third-order valence-corrected chi connectivity index (χ3v) is 5.63. The van der Waals surface area contributed by atoms with E-state index in [0.717, 1.165) is 18.4 Å². The van der Waals surface area contributed by atoms with E-state index in [2.05, 4.69) is 4.98 Å². The fraction of sp³-hybridized carbons (Fsp3) is 0.100. The Kier molecular flexibility index (Phi) is 4.65. The Hall–Kier alpha value is -3.53. The second-order valence-corrected chi connectivity index (χ2v) is 8.70. The van der Waals surface area contributed by atoms with Gasteiger partial charge in [-0.1, -0.05) is 0 Å². The maximum atomic E-state index is 14.1. The van der Waals surface area contributed by atoms with Gasteiger partial charge >= 0.3 is 0 Å². The molecule has 7 nitrogen and oxygen atoms in total. The van der Waals surface area contributed by atoms with Crippen molar-refractivity contribution < 1.29 is 21.9 Å². The van der Waals surface area contributed by atoms with Crippen LogP contribution >= 0.6 is 0 Å². The fourth-order valence-corrected chi connectivity index (χ4v) is 3.68. The Labute approximate surface area is 169 Å². The summed E-state index contributed by atoms with van der Waals surface area (Å²) in [7, 11) is -2.03. The third kappa shape index (κ3) is 3.45. The number of sulfone groups is 1. The van der Waals surface area contributed by atoms with Crippen molar-refractivity contribution in [1.82, 2.24) is 14.0 Å². The van der Waals surface area contributed by atoms with E-state index < -0.39 is 21.5 Å². The molecule has 0 saturated carbocycles. The minimum atomic E-state index is -3.57. The lowest BCUT2D eigenvalue weighted by Gasteiger charge is -2.15. The monoisotopic (exact) mass is 431 g/mol. The van der Waals surface area contributed by atoms with Gasteiger partial charge in [0.15, 0.2) is 21.4 Å². The van der Waals surface area contributed by atoms with E-state index >= 15 is 0 Å². The Balaban J connectivity index is 1.99. The van der Waals surface area contributed by atoms with Crippen molar-refractivity contribution in [1.29, 1.82) is 0 Å². The zero-order valence-electron chi connectivity index (χ0n) is 15.8. The summed E-state index contributed by atoms with van der Waals surface area (Å²) in [5.41, 5.74) is 0.633. The molecule has 0 bridgehead atoms. The second kappa shape index (κ2) is 7.06. The standard InChI is InChI=1S/C20H15F2N3O4S/c1-24-10-17(25-11-23-9-16(25)20(24)26)14-8-13(30(2,27)28)4-6-18(14)29-19-5-3-12(21)7-15(19)22/h3-11H,1-2H3. The maximum Gasteiger partial charge on any atom is 0.276 e. The van der Waals surface area contributed by atoms with Gasteiger partial charge in [-0.25, -0.2) is 22.2 Å². The fourth-order valence-electron chi connectivity index (χ4n) is 3.03. The molecule has 0 N–H and O–H groups in total. The summed E-state index contributed by atoms with van der Waals surface area (Å²) < 4.78 is 60.0. The predicted molar refractivity (Wildman–Crippen MR) is 105 cm³/mol. The van der Waals surface area contributed by atoms with Crippen LogP contribution in [0.5, 0.6) is 11.5 Å². The number of hydrogen-bond acceptors (Lipinski definition) is 5. The topological polar surface area (TPSA) is 82.7 Å². The number of imidazole rings is 1. The lowest BCUT2D eigenvalue weighted by molar-refractivity contribution is 0.438. The van der Waals surface area contributed by atoms with E-state index in [0.29, 0.717) is 11.8 Å². The maximum absolute atomic E-state index is 14.1. The summed E-state index contributed by atoms with van der Waals surface area (Å²) >= 11 is 0. The highest BCUT2D eigenvalue weighted by molar-refractivity contribution is 7.90. The summed E-state index contributed by atoms with van der Waals surface area (Å²) in [6, 6.07) is 6.92. The molecule has 2 aromatic carbocycles. The predicted octanol–water partition coefficient (Wildman–Crippen LogP) is 3.17. The molecular weight excluding hydrogens is 416 g/mol. The lowest BCUT2D eigenvalue weighted by Crippen LogP contribution is -2.19. The van der Waals surface area contributed by atoms with Gasteiger partial charge < -0.3 is 9.30 Å². The number of benzene rings is 2. The Morgan fingerprint density at radius 2 is 1.80 bits per heavy atom. The summed E-state index contributed by atoms with van der Waals surface area (Å²) in [6.45, 7) is 0. The first kappa shape index (κ1) is 19.8. The molecule has 0 unspecified atom stereocenters. The molecule has 0 aliphatic rings. The van der Waals surface area contributed by atoms with E-state index in [4.69, 9.17) is 4.74 Å². The normalized spacial score (nSPS) is 11.7. The molecular formula is C20H15F2N3O4S. The third-order valence-electron chi connectivity index (χ3n) is 4.52. The van der Waals surface area contributed by atoms with Crippen LogP contribution in [0, 0.1) is 11.6 Å². The van der Waals surface area contributed by atoms with Crippen LogP contribution in [0.4, 0.5) is 8.78 Å². The lowest BCUT2D eigenvalue weighted by atomic mass is 10.1. The molecule has 30 heavy (non-hydrogen) atoms. The SMILES string of the molecule is Cn1cc(-c2cc(S(C)(=O)=O)ccc2Oc2ccc(F)cc2F)n2cncc2c1=O. The molecule has 0 spiro atoms. The van der Waals surface area contributed by atoms with E-state index in [-0.39, 0.29) is 33.0 Å². The number of aromatic nitrogens is 3. The van der Waals surface area contributed by atoms with Crippen LogP contribution in [0.2, 0.25) is 0 Å². The number of nitrogens with zero attached hydrogens (tertiary/aromatic N) is 3. The summed E-state index contributed by atoms with van der Waals surface area (Å²) in [4.78, 5) is 16.3. The second-order valence-electron chi connectivity index (χ2n) is 6.69. The number of aryl methyl sites for hydroxylation is 1. The molecule has 4 rings (SSSR count). The van der Waals surface area contributed by atoms with E-state index in [9.17, 15) is 22.0 Å². The highest BCUT2D eigenvalue weighted by Gasteiger charge is 2.19. The van der Waals surface area contributed by atoms with E-state index in [1.54, 1.807) is 7.05 Å². The van der Waals surface area contributed by atoms with Crippen LogP contribution in [0.3, 0.4) is 0 Å². The van der Waals surface area contributed by atoms with Crippen LogP contribution < -0.4 is 10.3 Å². The smallest absolute Gasteiger partial charge is 0.276 e. The van der Waals surface area contributed by atoms with Gasteiger partial charge in [0.25, 0.3) is 5.56 Å². The van der Waals surface area contributed by atoms with Crippen molar-refractivity contribution in [3.63, 3.8) is 0 Å². The Morgan fingerprint density at radius 3 is 2.50 bits per heavy atom. The van der Waals surface area contributed by atoms with Crippen molar-refractivity contribution in [3.8, 4) is 22.8 Å². The summed E-state index contributed by atoms with van der Waals surface area (Å²) in [5.74, 6) is -1.80. The van der Waals surface area contributed by atoms with Gasteiger partial charge in [-0.3, -0.25) is 9.20 Å². The van der Waals surface area contributed by atoms with Crippen molar-refractivity contribution in [2.45, 2.75) is 4.90 Å². The molecule has 2 aromatic heterocycles. The van der Waals surface area contributed by atoms with Crippen LogP contribution in [0.15, 0.2) is 64.8 Å². The number of fused-ring (bicyclic) bond motifs is 1. The molecule has 0 saturated heterocycles. The molecule has 0 aliphatic carbocycles. The van der Waals surface area contributed by atoms with Gasteiger partial charge in [-0.2, -0.15) is 0 Å². The average molecular weight is 431 g/mol. The highest BCUT2D eigenvalue weighted by Crippen LogP contribution is 2.36. The van der Waals surface area contributed by atoms with Gasteiger partial charge in [0.05, 0.1) is 23.1 Å². The van der Waals surface area contributed by atoms with Crippen molar-refractivity contribution in [3.05, 3.63) is 77.1 Å². The van der Waals surface area contributed by atoms with Gasteiger partial charge in [-0.05, 0) is 30.3 Å². The quantitative estimate of drug-likeness (QED) is 0.496. The van der Waals surface area contributed by atoms with Crippen LogP contribution in [0.25, 0.3) is 16.8 Å². The Morgan fingerprint density at radius 1 is 1.07 bits per heavy atom. The van der Waals surface area contributed by atoms with Crippen LogP contribution in [-0.2, 0) is 16.9 Å². The molecule has 2 heterocycles. The van der Waals surface area contributed by atoms with Gasteiger partial charge in [0.2, 0.25) is 0 Å². The van der Waals surface area contributed by atoms with E-state index in [1.807, 2.05) is 0 Å². The number of halogens is 2. The minimum absolute atomic E-state index is 0.00606. The average Bonchev–Trinajstić information content (AvgIpc) is 3.16. The molecule has 0 amide bonds. The zero-order chi connectivity index (χ0) is 21.6. The number of rotatable bonds is 4. The molecule has 154 valence electrons. The largest absolute Gasteiger partial charge is 0.454 e. The van der Waals surface area contributed by atoms with Gasteiger partial charge in [-0.15, -0.1) is 0 Å². The first-order valence-electron chi connectivity index (χ1n) is 8.64. The zero-order valence-corrected chi connectivity index (χ0v) is 16.7. The van der Waals surface area contributed by atoms with E-state index in [1.165, 1.54) is 45.9 Å². The van der Waals surface area contributed by atoms with Crippen LogP contribution in [-0.4, -0.2) is 28.6 Å². The summed E-state index contributed by atoms with van der Waals surface area (Å²) in [5, 5.41) is 0. The molecule has 10 heteroatoms. The minimum Gasteiger partial charge on any atom is -0.454 e. The molecule has 0 aliphatic heterocycles. The molecule has 4 aromatic rings. The molecule has 0 atom stereocenters. The highest BCUT2D eigenvalue weighted by atomic mass is 32.2. The summed E-state index contributed by atoms with van der Waals surface area (Å²) in [6.07, 6.45) is 5.33. The number of hydrogen-bond donors (Lipinski definition) is 0. The van der Waals surface area contributed by atoms with Crippen molar-refractivity contribution >= 4 is 15.4 Å². The van der Waals surface area contributed by atoms with Crippen LogP contribution in [0.1, 0.15) is 0 Å². The van der Waals surface area contributed by atoms with Gasteiger partial charge in [0, 0.05) is 31.1 Å². The van der Waals surface area contributed by atoms with Crippen molar-refractivity contribution in [2.24, 2.45) is 7.05 Å². The van der Waals surface area contributed by atoms with Gasteiger partial charge in [0.1, 0.15) is 17.1 Å². The Bertz CT molecular complexity index is 1460.